The molecule has 19 atom stereocenters. The summed E-state index contributed by atoms with van der Waals surface area (Å²) < 4.78 is 54.5. The molecule has 11 heteroatoms. The summed E-state index contributed by atoms with van der Waals surface area (Å²) in [6, 6.07) is 0. The summed E-state index contributed by atoms with van der Waals surface area (Å²) in [5.41, 5.74) is 7.57. The second kappa shape index (κ2) is 13.7. The predicted octanol–water partition coefficient (Wildman–Crippen LogP) is 4.45. The smallest absolute Gasteiger partial charge is 0.172 e. The summed E-state index contributed by atoms with van der Waals surface area (Å²) in [5.74, 6) is -0.272. The van der Waals surface area contributed by atoms with E-state index in [4.69, 9.17) is 43.6 Å². The van der Waals surface area contributed by atoms with Gasteiger partial charge >= 0.3 is 0 Å². The Hall–Kier alpha value is -1.25. The van der Waals surface area contributed by atoms with Gasteiger partial charge in [-0.1, -0.05) is 27.0 Å². The molecular formula is C41H61NO10. The van der Waals surface area contributed by atoms with Gasteiger partial charge in [0.25, 0.3) is 0 Å². The quantitative estimate of drug-likeness (QED) is 0.399. The average molecular weight is 728 g/mol. The number of nitrogens with two attached hydrogens (primary N) is 1. The van der Waals surface area contributed by atoms with E-state index in [9.17, 15) is 9.90 Å². The Morgan fingerprint density at radius 3 is 2.40 bits per heavy atom. The van der Waals surface area contributed by atoms with E-state index in [1.165, 1.54) is 0 Å². The van der Waals surface area contributed by atoms with E-state index in [-0.39, 0.29) is 104 Å². The topological polar surface area (TPSA) is 137 Å². The Bertz CT molecular complexity index is 1410. The summed E-state index contributed by atoms with van der Waals surface area (Å²) in [7, 11) is 0. The highest BCUT2D eigenvalue weighted by Crippen LogP contribution is 2.58. The third-order valence-electron chi connectivity index (χ3n) is 14.6. The number of carbonyl (C=O) groups excluding carboxylic acids is 1. The van der Waals surface area contributed by atoms with Crippen LogP contribution in [0.25, 0.3) is 0 Å². The number of ether oxygens (including phenoxy) is 8. The van der Waals surface area contributed by atoms with Crippen molar-refractivity contribution in [2.24, 2.45) is 23.5 Å². The Balaban J connectivity index is 0.994. The Morgan fingerprint density at radius 2 is 1.58 bits per heavy atom. The molecule has 0 aromatic heterocycles. The second-order valence-electron chi connectivity index (χ2n) is 18.3. The van der Waals surface area contributed by atoms with Crippen LogP contribution in [0.5, 0.6) is 0 Å². The Kier molecular flexibility index (Phi) is 9.62. The van der Waals surface area contributed by atoms with Crippen LogP contribution in [0, 0.1) is 17.8 Å². The lowest BCUT2D eigenvalue weighted by Gasteiger charge is -2.47. The average Bonchev–Trinajstić information content (AvgIpc) is 3.73. The minimum atomic E-state index is -0.803. The minimum absolute atomic E-state index is 0.00566. The summed E-state index contributed by atoms with van der Waals surface area (Å²) in [4.78, 5) is 14.0. The third kappa shape index (κ3) is 6.40. The fraction of sp³-hybridized carbons (Fsp3) is 0.878. The second-order valence-corrected chi connectivity index (χ2v) is 18.3. The maximum absolute atomic E-state index is 14.0. The van der Waals surface area contributed by atoms with Gasteiger partial charge in [-0.05, 0) is 80.8 Å². The number of ketones is 1. The van der Waals surface area contributed by atoms with Crippen LogP contribution in [0.15, 0.2) is 24.3 Å². The van der Waals surface area contributed by atoms with Crippen LogP contribution in [0.1, 0.15) is 104 Å². The zero-order valence-corrected chi connectivity index (χ0v) is 31.3. The number of Topliss-reactive ketones (excluding diaryl/α,β-unsaturated/α-hetero) is 1. The van der Waals surface area contributed by atoms with Crippen molar-refractivity contribution in [3.8, 4) is 0 Å². The first-order chi connectivity index (χ1) is 24.9. The number of hydrogen-bond donors (Lipinski definition) is 2. The number of aliphatic hydroxyl groups is 1. The SMILES string of the molecule is C=C1C[C@@H]2CC[C@@]34C[C@]5(C)O[C@@H]6C(OC7CCC(CC(=O)C[C@H]8[C@H](CC9O[C@@H](CCC1O2)C[C@@H](C)C9=C)OC(C[C@H](O)CN)[C@@H]8C)OC7[C@@H]6O3)[C@@H]5O4. The van der Waals surface area contributed by atoms with Crippen molar-refractivity contribution in [2.75, 3.05) is 6.54 Å². The molecule has 7 unspecified atom stereocenters. The van der Waals surface area contributed by atoms with Gasteiger partial charge in [0.2, 0.25) is 0 Å². The van der Waals surface area contributed by atoms with Crippen molar-refractivity contribution in [2.45, 2.75) is 201 Å². The molecule has 1 spiro atoms. The van der Waals surface area contributed by atoms with Gasteiger partial charge in [-0.25, -0.2) is 0 Å². The number of fused-ring (bicyclic) bond motifs is 6. The van der Waals surface area contributed by atoms with E-state index in [0.29, 0.717) is 44.4 Å². The summed E-state index contributed by atoms with van der Waals surface area (Å²) in [6.45, 7) is 15.6. The molecule has 0 aromatic carbocycles. The van der Waals surface area contributed by atoms with E-state index >= 15 is 0 Å². The highest BCUT2D eigenvalue weighted by Gasteiger charge is 2.73. The van der Waals surface area contributed by atoms with Crippen molar-refractivity contribution < 1.29 is 47.8 Å². The molecule has 10 aliphatic rings. The molecule has 290 valence electrons. The summed E-state index contributed by atoms with van der Waals surface area (Å²) in [6.07, 6.45) is 6.17. The van der Waals surface area contributed by atoms with Crippen LogP contribution in [-0.2, 0) is 42.7 Å². The molecule has 10 fully saturated rings. The molecule has 0 radical (unpaired) electrons. The van der Waals surface area contributed by atoms with Crippen LogP contribution in [0.4, 0.5) is 0 Å². The van der Waals surface area contributed by atoms with Crippen molar-refractivity contribution >= 4 is 5.78 Å². The first-order valence-corrected chi connectivity index (χ1v) is 20.5. The molecule has 10 saturated heterocycles. The third-order valence-corrected chi connectivity index (χ3v) is 14.6. The number of rotatable bonds is 3. The van der Waals surface area contributed by atoms with E-state index < -0.39 is 17.5 Å². The maximum atomic E-state index is 14.0. The van der Waals surface area contributed by atoms with Crippen LogP contribution < -0.4 is 5.73 Å². The Morgan fingerprint density at radius 1 is 0.808 bits per heavy atom. The summed E-state index contributed by atoms with van der Waals surface area (Å²) >= 11 is 0. The van der Waals surface area contributed by atoms with Crippen LogP contribution >= 0.6 is 0 Å². The molecule has 10 aliphatic heterocycles. The molecule has 11 nitrogen and oxygen atoms in total. The molecular weight excluding hydrogens is 666 g/mol. The largest absolute Gasteiger partial charge is 0.392 e. The number of carbonyl (C=O) groups is 1. The van der Waals surface area contributed by atoms with Gasteiger partial charge in [0, 0.05) is 45.1 Å². The van der Waals surface area contributed by atoms with Gasteiger partial charge in [0.05, 0.1) is 54.9 Å². The molecule has 0 saturated carbocycles. The van der Waals surface area contributed by atoms with Gasteiger partial charge in [-0.15, -0.1) is 0 Å². The molecule has 10 heterocycles. The standard InChI is InChI=1S/C41H61NO10/c1-20-12-26-6-8-30-21(2)13-28(45-30)10-11-41-19-40(5)39(52-41)38-37(50-40)36(51-41)35-31(49-38)9-7-27(47-35)14-24(43)15-29-23(4)32(16-25(44)18-42)48-34(29)17-33(46-26)22(20)3/h20,23,25-39,44H,2-3,6-19,42H2,1,4-5H3/t20-,23-,25+,26+,27?,28+,29-,30?,31?,32?,33?,34+,35?,36+,37+,38?,39+,40+,41-/m1/s1. The van der Waals surface area contributed by atoms with Crippen molar-refractivity contribution in [1.82, 2.24) is 0 Å². The zero-order valence-electron chi connectivity index (χ0n) is 31.3. The molecule has 52 heavy (non-hydrogen) atoms. The monoisotopic (exact) mass is 727 g/mol. The fourth-order valence-corrected chi connectivity index (χ4v) is 11.7. The molecule has 10 rings (SSSR count). The minimum Gasteiger partial charge on any atom is -0.392 e. The molecule has 0 aliphatic carbocycles. The van der Waals surface area contributed by atoms with E-state index in [1.807, 2.05) is 0 Å². The molecule has 0 amide bonds. The van der Waals surface area contributed by atoms with E-state index in [2.05, 4.69) is 33.9 Å². The van der Waals surface area contributed by atoms with Crippen molar-refractivity contribution in [1.29, 1.82) is 0 Å². The number of aliphatic hydroxyl groups excluding tert-OH is 1. The van der Waals surface area contributed by atoms with E-state index in [1.54, 1.807) is 0 Å². The van der Waals surface area contributed by atoms with Crippen LogP contribution in [0.3, 0.4) is 0 Å². The van der Waals surface area contributed by atoms with Gasteiger partial charge in [0.15, 0.2) is 5.79 Å². The van der Waals surface area contributed by atoms with Gasteiger partial charge in [-0.2, -0.15) is 0 Å². The summed E-state index contributed by atoms with van der Waals surface area (Å²) in [5, 5.41) is 10.5. The van der Waals surface area contributed by atoms with Crippen molar-refractivity contribution in [3.05, 3.63) is 24.3 Å². The molecule has 12 bridgehead atoms. The maximum Gasteiger partial charge on any atom is 0.172 e. The lowest BCUT2D eigenvalue weighted by Crippen LogP contribution is -2.61. The molecule has 0 aromatic rings. The lowest BCUT2D eigenvalue weighted by molar-refractivity contribution is -0.294. The van der Waals surface area contributed by atoms with E-state index in [0.717, 1.165) is 56.1 Å². The number of hydrogen-bond acceptors (Lipinski definition) is 11. The first kappa shape index (κ1) is 36.4. The predicted molar refractivity (Wildman–Crippen MR) is 189 cm³/mol. The zero-order chi connectivity index (χ0) is 36.1. The highest BCUT2D eigenvalue weighted by molar-refractivity contribution is 5.79. The van der Waals surface area contributed by atoms with Crippen LogP contribution in [-0.4, -0.2) is 114 Å². The van der Waals surface area contributed by atoms with Crippen LogP contribution in [0.2, 0.25) is 0 Å². The van der Waals surface area contributed by atoms with Gasteiger partial charge < -0.3 is 48.7 Å². The first-order valence-electron chi connectivity index (χ1n) is 20.5. The van der Waals surface area contributed by atoms with Crippen molar-refractivity contribution in [3.63, 3.8) is 0 Å². The lowest BCUT2D eigenvalue weighted by atomic mass is 9.78. The van der Waals surface area contributed by atoms with Gasteiger partial charge in [-0.3, -0.25) is 4.79 Å². The highest BCUT2D eigenvalue weighted by atomic mass is 16.8. The fourth-order valence-electron chi connectivity index (χ4n) is 11.7. The van der Waals surface area contributed by atoms with Gasteiger partial charge in [0.1, 0.15) is 41.9 Å². The Labute approximate surface area is 308 Å². The normalized spacial score (nSPS) is 53.8. The molecule has 3 N–H and O–H groups in total.